The molecule has 0 unspecified atom stereocenters. The Hall–Kier alpha value is -3.92. The molecule has 3 aromatic rings. The van der Waals surface area contributed by atoms with Crippen molar-refractivity contribution in [3.05, 3.63) is 65.9 Å². The second-order valence-electron chi connectivity index (χ2n) is 6.68. The van der Waals surface area contributed by atoms with E-state index in [0.717, 1.165) is 5.56 Å². The highest BCUT2D eigenvalue weighted by Gasteiger charge is 2.14. The maximum absolute atomic E-state index is 12.6. The second-order valence-corrected chi connectivity index (χ2v) is 6.68. The lowest BCUT2D eigenvalue weighted by atomic mass is 10.1. The number of rotatable bonds is 9. The molecule has 0 atom stereocenters. The van der Waals surface area contributed by atoms with Gasteiger partial charge in [-0.05, 0) is 36.8 Å². The number of hydrogen-bond donors (Lipinski definition) is 3. The lowest BCUT2D eigenvalue weighted by Crippen LogP contribution is -2.30. The number of aromatic nitrogens is 2. The molecule has 1 aromatic carbocycles. The summed E-state index contributed by atoms with van der Waals surface area (Å²) in [6.07, 6.45) is 4.42. The Morgan fingerprint density at radius 3 is 2.74 bits per heavy atom. The van der Waals surface area contributed by atoms with Crippen LogP contribution in [-0.2, 0) is 16.1 Å². The third-order valence-corrected chi connectivity index (χ3v) is 4.32. The Morgan fingerprint density at radius 2 is 2.00 bits per heavy atom. The average molecular weight is 425 g/mol. The summed E-state index contributed by atoms with van der Waals surface area (Å²) < 4.78 is 11.4. The van der Waals surface area contributed by atoms with E-state index < -0.39 is 5.91 Å². The minimum atomic E-state index is -0.407. The van der Waals surface area contributed by atoms with Gasteiger partial charge in [-0.15, -0.1) is 0 Å². The van der Waals surface area contributed by atoms with Gasteiger partial charge in [0.05, 0.1) is 24.8 Å². The van der Waals surface area contributed by atoms with Crippen molar-refractivity contribution < 1.29 is 23.5 Å². The Kier molecular flexibility index (Phi) is 7.17. The van der Waals surface area contributed by atoms with Crippen molar-refractivity contribution in [2.45, 2.75) is 13.5 Å². The molecule has 0 bridgehead atoms. The molecule has 3 N–H and O–H groups in total. The van der Waals surface area contributed by atoms with Gasteiger partial charge >= 0.3 is 0 Å². The van der Waals surface area contributed by atoms with E-state index in [1.54, 1.807) is 43.6 Å². The van der Waals surface area contributed by atoms with Crippen LogP contribution in [0.3, 0.4) is 0 Å². The van der Waals surface area contributed by atoms with Crippen LogP contribution in [0, 0.1) is 6.92 Å². The summed E-state index contributed by atoms with van der Waals surface area (Å²) in [4.78, 5) is 36.7. The van der Waals surface area contributed by atoms with Crippen LogP contribution in [0.25, 0.3) is 0 Å². The lowest BCUT2D eigenvalue weighted by Gasteiger charge is -2.10. The van der Waals surface area contributed by atoms with Gasteiger partial charge in [-0.25, -0.2) is 0 Å². The van der Waals surface area contributed by atoms with E-state index in [-0.39, 0.29) is 24.1 Å². The summed E-state index contributed by atoms with van der Waals surface area (Å²) in [5.74, 6) is -0.824. The smallest absolute Gasteiger partial charge is 0.291 e. The van der Waals surface area contributed by atoms with Crippen molar-refractivity contribution in [3.63, 3.8) is 0 Å². The van der Waals surface area contributed by atoms with Crippen LogP contribution >= 0.6 is 0 Å². The average Bonchev–Trinajstić information content (AvgIpc) is 3.42. The quantitative estimate of drug-likeness (QED) is 0.450. The summed E-state index contributed by atoms with van der Waals surface area (Å²) in [6, 6.07) is 8.15. The third-order valence-electron chi connectivity index (χ3n) is 4.32. The van der Waals surface area contributed by atoms with E-state index in [9.17, 15) is 14.4 Å². The zero-order chi connectivity index (χ0) is 22.2. The van der Waals surface area contributed by atoms with E-state index in [1.165, 1.54) is 17.1 Å². The number of nitrogens with zero attached hydrogens (tertiary/aromatic N) is 2. The Morgan fingerprint density at radius 1 is 1.16 bits per heavy atom. The maximum atomic E-state index is 12.6. The van der Waals surface area contributed by atoms with Gasteiger partial charge in [-0.2, -0.15) is 5.10 Å². The Balaban J connectivity index is 1.61. The van der Waals surface area contributed by atoms with Crippen LogP contribution in [0.5, 0.6) is 0 Å². The highest BCUT2D eigenvalue weighted by molar-refractivity contribution is 6.07. The number of carbonyl (C=O) groups is 3. The molecule has 0 saturated heterocycles. The molecule has 0 aliphatic carbocycles. The van der Waals surface area contributed by atoms with Crippen molar-refractivity contribution >= 4 is 29.1 Å². The number of carbonyl (C=O) groups excluding carboxylic acids is 3. The molecule has 10 heteroatoms. The number of amides is 3. The topological polar surface area (TPSA) is 127 Å². The van der Waals surface area contributed by atoms with Gasteiger partial charge in [-0.3, -0.25) is 19.1 Å². The SMILES string of the molecule is COCCNC(=O)Cn1cc(NC(=O)c2ccc(C)c(NC(=O)c3ccco3)c2)cn1. The number of benzene rings is 1. The van der Waals surface area contributed by atoms with Gasteiger partial charge in [0.2, 0.25) is 5.91 Å². The molecule has 2 heterocycles. The number of furan rings is 1. The molecule has 10 nitrogen and oxygen atoms in total. The minimum absolute atomic E-state index is 0.0209. The third kappa shape index (κ3) is 6.03. The Labute approximate surface area is 178 Å². The molecule has 0 radical (unpaired) electrons. The molecular weight excluding hydrogens is 402 g/mol. The monoisotopic (exact) mass is 425 g/mol. The molecule has 0 fully saturated rings. The van der Waals surface area contributed by atoms with E-state index in [1.807, 2.05) is 6.92 Å². The molecule has 0 aliphatic rings. The molecular formula is C21H23N5O5. The van der Waals surface area contributed by atoms with Crippen LogP contribution in [0.2, 0.25) is 0 Å². The largest absolute Gasteiger partial charge is 0.459 e. The van der Waals surface area contributed by atoms with E-state index in [0.29, 0.717) is 30.1 Å². The fourth-order valence-corrected chi connectivity index (χ4v) is 2.70. The van der Waals surface area contributed by atoms with Gasteiger partial charge in [0, 0.05) is 31.1 Å². The molecule has 3 amide bonds. The first-order valence-electron chi connectivity index (χ1n) is 9.51. The predicted octanol–water partition coefficient (Wildman–Crippen LogP) is 2.05. The van der Waals surface area contributed by atoms with Gasteiger partial charge in [0.25, 0.3) is 11.8 Å². The van der Waals surface area contributed by atoms with Crippen molar-refractivity contribution in [2.75, 3.05) is 30.9 Å². The number of ether oxygens (including phenoxy) is 1. The van der Waals surface area contributed by atoms with E-state index >= 15 is 0 Å². The number of nitrogens with one attached hydrogen (secondary N) is 3. The number of aryl methyl sites for hydroxylation is 1. The highest BCUT2D eigenvalue weighted by atomic mass is 16.5. The van der Waals surface area contributed by atoms with Crippen molar-refractivity contribution in [2.24, 2.45) is 0 Å². The molecule has 2 aromatic heterocycles. The van der Waals surface area contributed by atoms with Gasteiger partial charge in [0.1, 0.15) is 6.54 Å². The van der Waals surface area contributed by atoms with E-state index in [4.69, 9.17) is 9.15 Å². The van der Waals surface area contributed by atoms with Crippen LogP contribution < -0.4 is 16.0 Å². The van der Waals surface area contributed by atoms with Crippen LogP contribution in [0.15, 0.2) is 53.4 Å². The molecule has 0 aliphatic heterocycles. The summed E-state index contributed by atoms with van der Waals surface area (Å²) in [6.45, 7) is 2.67. The first-order chi connectivity index (χ1) is 15.0. The first-order valence-corrected chi connectivity index (χ1v) is 9.51. The molecule has 31 heavy (non-hydrogen) atoms. The van der Waals surface area contributed by atoms with Crippen molar-refractivity contribution in [3.8, 4) is 0 Å². The number of hydrogen-bond acceptors (Lipinski definition) is 6. The van der Waals surface area contributed by atoms with Crippen LogP contribution in [0.1, 0.15) is 26.5 Å². The zero-order valence-corrected chi connectivity index (χ0v) is 17.2. The predicted molar refractivity (Wildman–Crippen MR) is 113 cm³/mol. The minimum Gasteiger partial charge on any atom is -0.459 e. The van der Waals surface area contributed by atoms with Crippen LogP contribution in [-0.4, -0.2) is 47.8 Å². The van der Waals surface area contributed by atoms with Gasteiger partial charge < -0.3 is 25.1 Å². The van der Waals surface area contributed by atoms with Gasteiger partial charge in [-0.1, -0.05) is 6.07 Å². The maximum Gasteiger partial charge on any atom is 0.291 e. The zero-order valence-electron chi connectivity index (χ0n) is 17.2. The van der Waals surface area contributed by atoms with Crippen LogP contribution in [0.4, 0.5) is 11.4 Å². The number of methoxy groups -OCH3 is 1. The summed E-state index contributed by atoms with van der Waals surface area (Å²) >= 11 is 0. The normalized spacial score (nSPS) is 10.5. The first kappa shape index (κ1) is 21.8. The molecule has 162 valence electrons. The van der Waals surface area contributed by atoms with Crippen molar-refractivity contribution in [1.82, 2.24) is 15.1 Å². The highest BCUT2D eigenvalue weighted by Crippen LogP contribution is 2.19. The molecule has 0 spiro atoms. The lowest BCUT2D eigenvalue weighted by molar-refractivity contribution is -0.122. The fraction of sp³-hybridized carbons (Fsp3) is 0.238. The van der Waals surface area contributed by atoms with Gasteiger partial charge in [0.15, 0.2) is 5.76 Å². The van der Waals surface area contributed by atoms with E-state index in [2.05, 4.69) is 21.0 Å². The molecule has 3 rings (SSSR count). The fourth-order valence-electron chi connectivity index (χ4n) is 2.70. The standard InChI is InChI=1S/C21H23N5O5/c1-14-5-6-15(10-17(14)25-21(29)18-4-3-8-31-18)20(28)24-16-11-23-26(12-16)13-19(27)22-7-9-30-2/h3-6,8,10-12H,7,9,13H2,1-2H3,(H,22,27)(H,24,28)(H,25,29). The number of anilines is 2. The molecule has 0 saturated carbocycles. The second kappa shape index (κ2) is 10.2. The summed E-state index contributed by atoms with van der Waals surface area (Å²) in [5.41, 5.74) is 2.09. The summed E-state index contributed by atoms with van der Waals surface area (Å²) in [5, 5.41) is 12.2. The summed E-state index contributed by atoms with van der Waals surface area (Å²) in [7, 11) is 1.55. The van der Waals surface area contributed by atoms with Crippen molar-refractivity contribution in [1.29, 1.82) is 0 Å². The Bertz CT molecular complexity index is 1060.